The molecule has 7 heteroatoms. The predicted octanol–water partition coefficient (Wildman–Crippen LogP) is 2.16. The molecule has 6 nitrogen and oxygen atoms in total. The van der Waals surface area contributed by atoms with Gasteiger partial charge in [0.1, 0.15) is 5.69 Å². The van der Waals surface area contributed by atoms with Gasteiger partial charge in [0.25, 0.3) is 5.69 Å². The molecule has 0 spiro atoms. The summed E-state index contributed by atoms with van der Waals surface area (Å²) in [5.41, 5.74) is 0.103. The van der Waals surface area contributed by atoms with Crippen LogP contribution in [0.4, 0.5) is 11.4 Å². The van der Waals surface area contributed by atoms with Gasteiger partial charge in [-0.15, -0.1) is 0 Å². The number of nitro benzene ring substituents is 1. The van der Waals surface area contributed by atoms with Crippen molar-refractivity contribution in [2.45, 2.75) is 6.42 Å². The van der Waals surface area contributed by atoms with Crippen LogP contribution in [0.15, 0.2) is 18.2 Å². The van der Waals surface area contributed by atoms with Gasteiger partial charge in [-0.1, -0.05) is 17.7 Å². The molecule has 0 aromatic heterocycles. The van der Waals surface area contributed by atoms with Crippen LogP contribution in [0.1, 0.15) is 6.42 Å². The van der Waals surface area contributed by atoms with Crippen molar-refractivity contribution >= 4 is 28.9 Å². The molecule has 0 fully saturated rings. The van der Waals surface area contributed by atoms with Crippen LogP contribution in [0.3, 0.4) is 0 Å². The van der Waals surface area contributed by atoms with Crippen molar-refractivity contribution in [3.05, 3.63) is 33.3 Å². The second-order valence-electron chi connectivity index (χ2n) is 3.43. The van der Waals surface area contributed by atoms with E-state index in [1.165, 1.54) is 23.1 Å². The van der Waals surface area contributed by atoms with E-state index in [4.69, 9.17) is 16.7 Å². The molecule has 0 atom stereocenters. The van der Waals surface area contributed by atoms with E-state index in [1.54, 1.807) is 7.05 Å². The first-order valence-corrected chi connectivity index (χ1v) is 5.17. The summed E-state index contributed by atoms with van der Waals surface area (Å²) in [6.07, 6.45) is -0.112. The SMILES string of the molecule is CN(CCC(=O)O)c1c(Cl)cccc1[N+](=O)[O-]. The lowest BCUT2D eigenvalue weighted by Crippen LogP contribution is -2.22. The Morgan fingerprint density at radius 3 is 2.76 bits per heavy atom. The van der Waals surface area contributed by atoms with Gasteiger partial charge >= 0.3 is 5.97 Å². The van der Waals surface area contributed by atoms with Crippen molar-refractivity contribution in [1.82, 2.24) is 0 Å². The molecule has 0 unspecified atom stereocenters. The van der Waals surface area contributed by atoms with Crippen molar-refractivity contribution in [2.24, 2.45) is 0 Å². The van der Waals surface area contributed by atoms with E-state index in [9.17, 15) is 14.9 Å². The highest BCUT2D eigenvalue weighted by Gasteiger charge is 2.20. The number of rotatable bonds is 5. The van der Waals surface area contributed by atoms with Crippen molar-refractivity contribution in [3.8, 4) is 0 Å². The Kier molecular flexibility index (Phi) is 4.28. The van der Waals surface area contributed by atoms with Gasteiger partial charge < -0.3 is 10.0 Å². The van der Waals surface area contributed by atoms with Crippen LogP contribution in [0.5, 0.6) is 0 Å². The van der Waals surface area contributed by atoms with E-state index in [0.29, 0.717) is 0 Å². The van der Waals surface area contributed by atoms with Crippen molar-refractivity contribution in [3.63, 3.8) is 0 Å². The van der Waals surface area contributed by atoms with Gasteiger partial charge in [-0.05, 0) is 6.07 Å². The number of halogens is 1. The normalized spacial score (nSPS) is 10.0. The Hall–Kier alpha value is -1.82. The number of carboxylic acid groups (broad SMARTS) is 1. The second-order valence-corrected chi connectivity index (χ2v) is 3.84. The Bertz CT molecular complexity index is 450. The van der Waals surface area contributed by atoms with Crippen LogP contribution >= 0.6 is 11.6 Å². The fraction of sp³-hybridized carbons (Fsp3) is 0.300. The first kappa shape index (κ1) is 13.2. The third-order valence-electron chi connectivity index (χ3n) is 2.20. The third kappa shape index (κ3) is 3.32. The molecule has 0 aliphatic carbocycles. The monoisotopic (exact) mass is 258 g/mol. The summed E-state index contributed by atoms with van der Waals surface area (Å²) in [5, 5.41) is 19.6. The van der Waals surface area contributed by atoms with Crippen LogP contribution in [0.25, 0.3) is 0 Å². The predicted molar refractivity (Wildman–Crippen MR) is 63.6 cm³/mol. The number of carboxylic acids is 1. The number of para-hydroxylation sites is 1. The molecule has 1 aromatic carbocycles. The second kappa shape index (κ2) is 5.49. The molecule has 0 saturated carbocycles. The van der Waals surface area contributed by atoms with E-state index < -0.39 is 10.9 Å². The molecule has 17 heavy (non-hydrogen) atoms. The zero-order valence-electron chi connectivity index (χ0n) is 9.09. The smallest absolute Gasteiger partial charge is 0.305 e. The Balaban J connectivity index is 3.02. The van der Waals surface area contributed by atoms with Crippen LogP contribution in [-0.2, 0) is 4.79 Å². The molecule has 0 aliphatic rings. The van der Waals surface area contributed by atoms with E-state index in [-0.39, 0.29) is 29.4 Å². The fourth-order valence-electron chi connectivity index (χ4n) is 1.40. The average molecular weight is 259 g/mol. The average Bonchev–Trinajstić information content (AvgIpc) is 2.25. The lowest BCUT2D eigenvalue weighted by Gasteiger charge is -2.19. The molecular formula is C10H11ClN2O4. The topological polar surface area (TPSA) is 83.7 Å². The van der Waals surface area contributed by atoms with Crippen LogP contribution < -0.4 is 4.90 Å². The lowest BCUT2D eigenvalue weighted by molar-refractivity contribution is -0.384. The van der Waals surface area contributed by atoms with E-state index in [1.807, 2.05) is 0 Å². The number of benzene rings is 1. The molecule has 0 heterocycles. The highest BCUT2D eigenvalue weighted by Crippen LogP contribution is 2.34. The minimum atomic E-state index is -0.966. The van der Waals surface area contributed by atoms with Crippen molar-refractivity contribution < 1.29 is 14.8 Å². The van der Waals surface area contributed by atoms with E-state index in [2.05, 4.69) is 0 Å². The number of carbonyl (C=O) groups is 1. The minimum absolute atomic E-state index is 0.112. The van der Waals surface area contributed by atoms with Crippen molar-refractivity contribution in [2.75, 3.05) is 18.5 Å². The minimum Gasteiger partial charge on any atom is -0.481 e. The summed E-state index contributed by atoms with van der Waals surface area (Å²) in [5.74, 6) is -0.966. The Morgan fingerprint density at radius 1 is 1.59 bits per heavy atom. The highest BCUT2D eigenvalue weighted by atomic mass is 35.5. The first-order chi connectivity index (χ1) is 7.93. The van der Waals surface area contributed by atoms with E-state index >= 15 is 0 Å². The number of nitrogens with zero attached hydrogens (tertiary/aromatic N) is 2. The molecule has 1 aromatic rings. The number of aliphatic carboxylic acids is 1. The standard InChI is InChI=1S/C10H11ClN2O4/c1-12(6-5-9(14)15)10-7(11)3-2-4-8(10)13(16)17/h2-4H,5-6H2,1H3,(H,14,15). The molecule has 0 amide bonds. The molecule has 0 radical (unpaired) electrons. The number of anilines is 1. The van der Waals surface area contributed by atoms with Crippen LogP contribution in [0, 0.1) is 10.1 Å². The first-order valence-electron chi connectivity index (χ1n) is 4.79. The molecule has 0 aliphatic heterocycles. The summed E-state index contributed by atoms with van der Waals surface area (Å²) in [6.45, 7) is 0.153. The lowest BCUT2D eigenvalue weighted by atomic mass is 10.2. The highest BCUT2D eigenvalue weighted by molar-refractivity contribution is 6.33. The summed E-state index contributed by atoms with van der Waals surface area (Å²) in [7, 11) is 1.57. The van der Waals surface area contributed by atoms with Gasteiger partial charge in [0, 0.05) is 19.7 Å². The largest absolute Gasteiger partial charge is 0.481 e. The maximum absolute atomic E-state index is 10.8. The molecule has 1 N–H and O–H groups in total. The fourth-order valence-corrected chi connectivity index (χ4v) is 1.72. The maximum Gasteiger partial charge on any atom is 0.305 e. The quantitative estimate of drug-likeness (QED) is 0.646. The Labute approximate surface area is 103 Å². The van der Waals surface area contributed by atoms with Gasteiger partial charge in [-0.2, -0.15) is 0 Å². The summed E-state index contributed by atoms with van der Waals surface area (Å²) < 4.78 is 0. The molecule has 92 valence electrons. The Morgan fingerprint density at radius 2 is 2.24 bits per heavy atom. The van der Waals surface area contributed by atoms with Crippen LogP contribution in [0.2, 0.25) is 5.02 Å². The van der Waals surface area contributed by atoms with Gasteiger partial charge in [-0.3, -0.25) is 14.9 Å². The van der Waals surface area contributed by atoms with Crippen LogP contribution in [-0.4, -0.2) is 29.6 Å². The zero-order valence-corrected chi connectivity index (χ0v) is 9.85. The summed E-state index contributed by atoms with van der Waals surface area (Å²) >= 11 is 5.89. The van der Waals surface area contributed by atoms with Gasteiger partial charge in [0.05, 0.1) is 16.4 Å². The molecule has 1 rings (SSSR count). The number of hydrogen-bond donors (Lipinski definition) is 1. The van der Waals surface area contributed by atoms with Gasteiger partial charge in [0.2, 0.25) is 0 Å². The zero-order chi connectivity index (χ0) is 13.0. The molecule has 0 bridgehead atoms. The third-order valence-corrected chi connectivity index (χ3v) is 2.51. The van der Waals surface area contributed by atoms with Gasteiger partial charge in [-0.25, -0.2) is 0 Å². The van der Waals surface area contributed by atoms with Gasteiger partial charge in [0.15, 0.2) is 0 Å². The number of nitro groups is 1. The number of hydrogen-bond acceptors (Lipinski definition) is 4. The van der Waals surface area contributed by atoms with Crippen molar-refractivity contribution in [1.29, 1.82) is 0 Å². The van der Waals surface area contributed by atoms with E-state index in [0.717, 1.165) is 0 Å². The summed E-state index contributed by atoms with van der Waals surface area (Å²) in [6, 6.07) is 4.34. The molecular weight excluding hydrogens is 248 g/mol. The summed E-state index contributed by atoms with van der Waals surface area (Å²) in [4.78, 5) is 22.2. The molecule has 0 saturated heterocycles. The maximum atomic E-state index is 10.8.